The molecule has 0 unspecified atom stereocenters. The molecule has 1 N–H and O–H groups in total. The van der Waals surface area contributed by atoms with Crippen molar-refractivity contribution in [3.63, 3.8) is 0 Å². The van der Waals surface area contributed by atoms with Gasteiger partial charge in [-0.1, -0.05) is 19.4 Å². The van der Waals surface area contributed by atoms with Gasteiger partial charge in [-0.15, -0.1) is 23.2 Å². The summed E-state index contributed by atoms with van der Waals surface area (Å²) < 4.78 is 0. The van der Waals surface area contributed by atoms with E-state index in [-0.39, 0.29) is 22.0 Å². The number of fused-ring (bicyclic) bond motifs is 5. The van der Waals surface area contributed by atoms with Crippen molar-refractivity contribution in [3.8, 4) is 0 Å². The van der Waals surface area contributed by atoms with Crippen molar-refractivity contribution < 1.29 is 9.90 Å². The molecule has 0 spiro atoms. The molecule has 0 bridgehead atoms. The molecule has 0 heterocycles. The van der Waals surface area contributed by atoms with Gasteiger partial charge >= 0.3 is 0 Å². The molecule has 4 heteroatoms. The third-order valence-corrected chi connectivity index (χ3v) is 10.1. The number of hydrogen-bond donors (Lipinski definition) is 1. The van der Waals surface area contributed by atoms with Crippen LogP contribution < -0.4 is 0 Å². The molecule has 0 aromatic rings. The van der Waals surface area contributed by atoms with Gasteiger partial charge in [0.15, 0.2) is 5.78 Å². The van der Waals surface area contributed by atoms with Gasteiger partial charge in [0.05, 0.1) is 15.9 Å². The Morgan fingerprint density at radius 3 is 2.54 bits per heavy atom. The highest BCUT2D eigenvalue weighted by molar-refractivity contribution is 6.33. The van der Waals surface area contributed by atoms with Gasteiger partial charge in [-0.2, -0.15) is 0 Å². The molecule has 0 aromatic heterocycles. The first-order chi connectivity index (χ1) is 11.1. The van der Waals surface area contributed by atoms with Crippen LogP contribution in [0.2, 0.25) is 0 Å². The number of carbonyl (C=O) groups excluding carboxylic acids is 1. The van der Waals surface area contributed by atoms with Crippen molar-refractivity contribution in [2.24, 2.45) is 22.7 Å². The zero-order chi connectivity index (χ0) is 17.5. The summed E-state index contributed by atoms with van der Waals surface area (Å²) >= 11 is 14.5. The van der Waals surface area contributed by atoms with E-state index in [1.54, 1.807) is 0 Å². The van der Waals surface area contributed by atoms with Gasteiger partial charge in [0.25, 0.3) is 0 Å². The third-order valence-electron chi connectivity index (χ3n) is 8.56. The molecule has 0 saturated heterocycles. The molecular weight excluding hydrogens is 343 g/mol. The monoisotopic (exact) mass is 370 g/mol. The number of halogens is 2. The molecule has 4 aliphatic rings. The van der Waals surface area contributed by atoms with Crippen molar-refractivity contribution in [2.75, 3.05) is 0 Å². The van der Waals surface area contributed by atoms with Gasteiger partial charge in [-0.05, 0) is 63.4 Å². The lowest BCUT2D eigenvalue weighted by atomic mass is 9.46. The lowest BCUT2D eigenvalue weighted by Crippen LogP contribution is -2.66. The van der Waals surface area contributed by atoms with Crippen LogP contribution in [0.5, 0.6) is 0 Å². The summed E-state index contributed by atoms with van der Waals surface area (Å²) in [7, 11) is 0. The van der Waals surface area contributed by atoms with E-state index < -0.39 is 10.5 Å². The highest BCUT2D eigenvalue weighted by Gasteiger charge is 2.70. The van der Waals surface area contributed by atoms with E-state index >= 15 is 0 Å². The standard InChI is InChI=1S/C20H28Cl2O2/c1-17-8-6-13(23)10-12(17)4-5-15-14-7-9-19(3,24)18(14,2)11-16(21)20(15,17)22/h10,14-16,24H,4-9,11H2,1-3H3/t14-,15-,16+,17-,18-,19-,20-/m0/s1. The smallest absolute Gasteiger partial charge is 0.155 e. The maximum Gasteiger partial charge on any atom is 0.155 e. The Morgan fingerprint density at radius 2 is 1.83 bits per heavy atom. The fraction of sp³-hybridized carbons (Fsp3) is 0.850. The van der Waals surface area contributed by atoms with E-state index in [1.165, 1.54) is 5.57 Å². The zero-order valence-corrected chi connectivity index (χ0v) is 16.4. The van der Waals surface area contributed by atoms with Crippen LogP contribution in [0.1, 0.15) is 65.7 Å². The minimum atomic E-state index is -0.664. The maximum atomic E-state index is 11.9. The molecule has 0 aliphatic heterocycles. The number of allylic oxidation sites excluding steroid dienone is 1. The van der Waals surface area contributed by atoms with Gasteiger partial charge in [0.1, 0.15) is 0 Å². The Bertz CT molecular complexity index is 627. The number of alkyl halides is 2. The Balaban J connectivity index is 1.82. The second-order valence-corrected chi connectivity index (χ2v) is 10.5. The summed E-state index contributed by atoms with van der Waals surface area (Å²) in [4.78, 5) is 11.4. The second-order valence-electron chi connectivity index (χ2n) is 9.39. The molecule has 7 atom stereocenters. The Labute approximate surface area is 155 Å². The summed E-state index contributed by atoms with van der Waals surface area (Å²) in [5.41, 5.74) is 0.185. The first-order valence-electron chi connectivity index (χ1n) is 9.35. The van der Waals surface area contributed by atoms with Gasteiger partial charge in [0, 0.05) is 17.3 Å². The van der Waals surface area contributed by atoms with Crippen LogP contribution in [0.25, 0.3) is 0 Å². The summed E-state index contributed by atoms with van der Waals surface area (Å²) in [5.74, 6) is 0.956. The van der Waals surface area contributed by atoms with Crippen LogP contribution in [-0.4, -0.2) is 26.7 Å². The van der Waals surface area contributed by atoms with Gasteiger partial charge in [-0.25, -0.2) is 0 Å². The van der Waals surface area contributed by atoms with Crippen molar-refractivity contribution in [2.45, 2.75) is 81.6 Å². The van der Waals surface area contributed by atoms with Crippen LogP contribution in [0, 0.1) is 22.7 Å². The maximum absolute atomic E-state index is 11.9. The van der Waals surface area contributed by atoms with Crippen LogP contribution in [-0.2, 0) is 4.79 Å². The predicted octanol–water partition coefficient (Wildman–Crippen LogP) is 4.85. The number of ketones is 1. The fourth-order valence-corrected chi connectivity index (χ4v) is 8.00. The predicted molar refractivity (Wildman–Crippen MR) is 97.5 cm³/mol. The Kier molecular flexibility index (Phi) is 3.63. The van der Waals surface area contributed by atoms with E-state index in [0.717, 1.165) is 38.5 Å². The molecule has 3 fully saturated rings. The van der Waals surface area contributed by atoms with Crippen LogP contribution >= 0.6 is 23.2 Å². The van der Waals surface area contributed by atoms with E-state index in [4.69, 9.17) is 23.2 Å². The average Bonchev–Trinajstić information content (AvgIpc) is 2.72. The fourth-order valence-electron chi connectivity index (χ4n) is 6.72. The minimum Gasteiger partial charge on any atom is -0.390 e. The first-order valence-corrected chi connectivity index (χ1v) is 10.2. The van der Waals surface area contributed by atoms with E-state index in [1.807, 2.05) is 13.0 Å². The number of hydrogen-bond acceptors (Lipinski definition) is 2. The largest absolute Gasteiger partial charge is 0.390 e. The normalized spacial score (nSPS) is 57.0. The highest BCUT2D eigenvalue weighted by Crippen LogP contribution is 2.71. The lowest BCUT2D eigenvalue weighted by molar-refractivity contribution is -0.119. The zero-order valence-electron chi connectivity index (χ0n) is 14.9. The molecule has 4 aliphatic carbocycles. The molecule has 24 heavy (non-hydrogen) atoms. The SMILES string of the molecule is C[C@]1(O)CC[C@H]2[C@@H]3CCC4=CC(=O)CC[C@]4(C)[C@@]3(Cl)[C@H](Cl)C[C@@]21C. The number of carbonyl (C=O) groups is 1. The number of rotatable bonds is 0. The summed E-state index contributed by atoms with van der Waals surface area (Å²) in [6, 6.07) is 0. The van der Waals surface area contributed by atoms with Crippen molar-refractivity contribution in [1.82, 2.24) is 0 Å². The molecule has 0 radical (unpaired) electrons. The van der Waals surface area contributed by atoms with Crippen molar-refractivity contribution >= 4 is 29.0 Å². The summed E-state index contributed by atoms with van der Waals surface area (Å²) in [6.07, 6.45) is 7.77. The van der Waals surface area contributed by atoms with Crippen LogP contribution in [0.3, 0.4) is 0 Å². The Hall–Kier alpha value is -0.0500. The molecule has 0 aromatic carbocycles. The molecule has 0 amide bonds. The quantitative estimate of drug-likeness (QED) is 0.618. The van der Waals surface area contributed by atoms with Crippen molar-refractivity contribution in [3.05, 3.63) is 11.6 Å². The van der Waals surface area contributed by atoms with Gasteiger partial charge in [0.2, 0.25) is 0 Å². The highest BCUT2D eigenvalue weighted by atomic mass is 35.5. The topological polar surface area (TPSA) is 37.3 Å². The van der Waals surface area contributed by atoms with Crippen molar-refractivity contribution in [1.29, 1.82) is 0 Å². The Morgan fingerprint density at radius 1 is 1.12 bits per heavy atom. The third kappa shape index (κ3) is 1.86. The number of aliphatic hydroxyl groups is 1. The molecule has 3 saturated carbocycles. The average molecular weight is 371 g/mol. The molecule has 2 nitrogen and oxygen atoms in total. The van der Waals surface area contributed by atoms with E-state index in [0.29, 0.717) is 18.3 Å². The second kappa shape index (κ2) is 5.02. The molecule has 4 rings (SSSR count). The summed E-state index contributed by atoms with van der Waals surface area (Å²) in [5, 5.41) is 10.8. The summed E-state index contributed by atoms with van der Waals surface area (Å²) in [6.45, 7) is 6.43. The van der Waals surface area contributed by atoms with E-state index in [2.05, 4.69) is 13.8 Å². The van der Waals surface area contributed by atoms with Gasteiger partial charge < -0.3 is 5.11 Å². The molecular formula is C20H28Cl2O2. The van der Waals surface area contributed by atoms with E-state index in [9.17, 15) is 9.90 Å². The molecule has 134 valence electrons. The minimum absolute atomic E-state index is 0.162. The van der Waals surface area contributed by atoms with Gasteiger partial charge in [-0.3, -0.25) is 4.79 Å². The van der Waals surface area contributed by atoms with Crippen LogP contribution in [0.15, 0.2) is 11.6 Å². The lowest BCUT2D eigenvalue weighted by Gasteiger charge is -2.64. The van der Waals surface area contributed by atoms with Crippen LogP contribution in [0.4, 0.5) is 0 Å². The first kappa shape index (κ1) is 17.4.